The minimum absolute atomic E-state index is 0.198. The quantitative estimate of drug-likeness (QED) is 0.886. The normalized spacial score (nSPS) is 17.2. The first-order chi connectivity index (χ1) is 10.2. The minimum atomic E-state index is -1.17. The van der Waals surface area contributed by atoms with Crippen LogP contribution in [0.5, 0.6) is 5.75 Å². The van der Waals surface area contributed by atoms with Crippen LogP contribution in [0.1, 0.15) is 24.0 Å². The fourth-order valence-electron chi connectivity index (χ4n) is 2.46. The van der Waals surface area contributed by atoms with Gasteiger partial charge in [-0.1, -0.05) is 42.5 Å². The molecule has 1 N–H and O–H groups in total. The van der Waals surface area contributed by atoms with E-state index in [0.29, 0.717) is 6.10 Å². The summed E-state index contributed by atoms with van der Waals surface area (Å²) in [7, 11) is 1.60. The molecule has 1 aliphatic carbocycles. The van der Waals surface area contributed by atoms with Crippen LogP contribution in [0.3, 0.4) is 0 Å². The first-order valence-corrected chi connectivity index (χ1v) is 7.26. The summed E-state index contributed by atoms with van der Waals surface area (Å²) in [6.45, 7) is 0.198. The second-order valence-electron chi connectivity index (χ2n) is 5.50. The number of hydrogen-bond donors (Lipinski definition) is 1. The van der Waals surface area contributed by atoms with Gasteiger partial charge in [0.2, 0.25) is 0 Å². The molecule has 0 radical (unpaired) electrons. The predicted octanol–water partition coefficient (Wildman–Crippen LogP) is 3.11. The van der Waals surface area contributed by atoms with Crippen LogP contribution >= 0.6 is 0 Å². The first kappa shape index (κ1) is 14.1. The lowest BCUT2D eigenvalue weighted by Gasteiger charge is -2.29. The van der Waals surface area contributed by atoms with Gasteiger partial charge in [-0.3, -0.25) is 0 Å². The average molecular weight is 284 g/mol. The topological polar surface area (TPSA) is 38.7 Å². The van der Waals surface area contributed by atoms with Gasteiger partial charge in [0.1, 0.15) is 11.4 Å². The Kier molecular flexibility index (Phi) is 3.95. The Bertz CT molecular complexity index is 592. The van der Waals surface area contributed by atoms with Crippen molar-refractivity contribution in [2.45, 2.75) is 24.5 Å². The zero-order chi connectivity index (χ0) is 14.7. The van der Waals surface area contributed by atoms with Gasteiger partial charge >= 0.3 is 0 Å². The molecular weight excluding hydrogens is 264 g/mol. The lowest BCUT2D eigenvalue weighted by molar-refractivity contribution is -0.00344. The van der Waals surface area contributed by atoms with Crippen molar-refractivity contribution in [2.75, 3.05) is 13.7 Å². The molecule has 0 amide bonds. The average Bonchev–Trinajstić information content (AvgIpc) is 3.32. The molecule has 0 aliphatic heterocycles. The highest BCUT2D eigenvalue weighted by Gasteiger charge is 2.32. The van der Waals surface area contributed by atoms with E-state index in [1.165, 1.54) is 0 Å². The Morgan fingerprint density at radius 2 is 1.76 bits per heavy atom. The summed E-state index contributed by atoms with van der Waals surface area (Å²) >= 11 is 0. The second-order valence-corrected chi connectivity index (χ2v) is 5.50. The maximum atomic E-state index is 11.1. The first-order valence-electron chi connectivity index (χ1n) is 7.26. The van der Waals surface area contributed by atoms with Crippen molar-refractivity contribution < 1.29 is 14.6 Å². The summed E-state index contributed by atoms with van der Waals surface area (Å²) in [6.07, 6.45) is 2.57. The molecule has 0 aromatic heterocycles. The lowest BCUT2D eigenvalue weighted by Crippen LogP contribution is -2.32. The molecule has 2 aromatic rings. The monoisotopic (exact) mass is 284 g/mol. The van der Waals surface area contributed by atoms with E-state index in [1.54, 1.807) is 7.11 Å². The largest absolute Gasteiger partial charge is 0.490 e. The van der Waals surface area contributed by atoms with E-state index in [4.69, 9.17) is 9.47 Å². The van der Waals surface area contributed by atoms with Gasteiger partial charge in [0.15, 0.2) is 0 Å². The summed E-state index contributed by atoms with van der Waals surface area (Å²) in [5, 5.41) is 11.1. The highest BCUT2D eigenvalue weighted by atomic mass is 16.5. The van der Waals surface area contributed by atoms with Gasteiger partial charge in [0, 0.05) is 7.11 Å². The van der Waals surface area contributed by atoms with E-state index < -0.39 is 5.60 Å². The second kappa shape index (κ2) is 5.88. The molecule has 1 aliphatic rings. The van der Waals surface area contributed by atoms with E-state index in [-0.39, 0.29) is 6.61 Å². The van der Waals surface area contributed by atoms with E-state index >= 15 is 0 Å². The molecule has 3 rings (SSSR count). The summed E-state index contributed by atoms with van der Waals surface area (Å²) in [4.78, 5) is 0. The third-order valence-corrected chi connectivity index (χ3v) is 3.74. The molecule has 1 saturated carbocycles. The summed E-state index contributed by atoms with van der Waals surface area (Å²) in [5.74, 6) is 0.806. The van der Waals surface area contributed by atoms with E-state index in [1.807, 2.05) is 54.6 Å². The van der Waals surface area contributed by atoms with Crippen molar-refractivity contribution in [3.05, 3.63) is 65.7 Å². The van der Waals surface area contributed by atoms with Crippen LogP contribution in [0.2, 0.25) is 0 Å². The zero-order valence-corrected chi connectivity index (χ0v) is 12.2. The van der Waals surface area contributed by atoms with Gasteiger partial charge in [-0.25, -0.2) is 0 Å². The molecule has 1 unspecified atom stereocenters. The van der Waals surface area contributed by atoms with Crippen molar-refractivity contribution in [2.24, 2.45) is 0 Å². The maximum absolute atomic E-state index is 11.1. The molecule has 2 aromatic carbocycles. The number of methoxy groups -OCH3 is 1. The molecule has 110 valence electrons. The van der Waals surface area contributed by atoms with Gasteiger partial charge in [-0.15, -0.1) is 0 Å². The summed E-state index contributed by atoms with van der Waals surface area (Å²) < 4.78 is 11.1. The number of aliphatic hydroxyl groups is 1. The van der Waals surface area contributed by atoms with Crippen molar-refractivity contribution in [3.63, 3.8) is 0 Å². The van der Waals surface area contributed by atoms with E-state index in [9.17, 15) is 5.11 Å². The molecule has 21 heavy (non-hydrogen) atoms. The van der Waals surface area contributed by atoms with Crippen molar-refractivity contribution in [3.8, 4) is 5.75 Å². The number of hydrogen-bond acceptors (Lipinski definition) is 3. The van der Waals surface area contributed by atoms with Crippen LogP contribution in [0.15, 0.2) is 54.6 Å². The van der Waals surface area contributed by atoms with Crippen molar-refractivity contribution >= 4 is 0 Å². The predicted molar refractivity (Wildman–Crippen MR) is 81.4 cm³/mol. The lowest BCUT2D eigenvalue weighted by atomic mass is 9.87. The molecule has 1 atom stereocenters. The maximum Gasteiger partial charge on any atom is 0.138 e. The van der Waals surface area contributed by atoms with E-state index in [2.05, 4.69) is 0 Å². The Balaban J connectivity index is 1.96. The minimum Gasteiger partial charge on any atom is -0.490 e. The highest BCUT2D eigenvalue weighted by molar-refractivity contribution is 5.40. The Labute approximate surface area is 125 Å². The van der Waals surface area contributed by atoms with Crippen LogP contribution in [0.4, 0.5) is 0 Å². The Morgan fingerprint density at radius 1 is 1.05 bits per heavy atom. The van der Waals surface area contributed by atoms with Crippen LogP contribution in [-0.2, 0) is 10.3 Å². The molecule has 3 heteroatoms. The van der Waals surface area contributed by atoms with Crippen LogP contribution in [0, 0.1) is 0 Å². The van der Waals surface area contributed by atoms with Gasteiger partial charge in [-0.05, 0) is 36.1 Å². The SMILES string of the molecule is COCC(O)(c1ccccc1)c1cccc(OC2CC2)c1. The van der Waals surface area contributed by atoms with Gasteiger partial charge in [0.25, 0.3) is 0 Å². The fraction of sp³-hybridized carbons (Fsp3) is 0.333. The Hall–Kier alpha value is -1.84. The molecule has 0 heterocycles. The van der Waals surface area contributed by atoms with Gasteiger partial charge in [-0.2, -0.15) is 0 Å². The Morgan fingerprint density at radius 3 is 2.43 bits per heavy atom. The number of rotatable bonds is 6. The summed E-state index contributed by atoms with van der Waals surface area (Å²) in [5.41, 5.74) is 0.433. The standard InChI is InChI=1S/C18H20O3/c1-20-13-18(19,14-6-3-2-4-7-14)15-8-5-9-17(12-15)21-16-10-11-16/h2-9,12,16,19H,10-11,13H2,1H3. The smallest absolute Gasteiger partial charge is 0.138 e. The van der Waals surface area contributed by atoms with Gasteiger partial charge < -0.3 is 14.6 Å². The number of ether oxygens (including phenoxy) is 2. The fourth-order valence-corrected chi connectivity index (χ4v) is 2.46. The van der Waals surface area contributed by atoms with Gasteiger partial charge in [0.05, 0.1) is 12.7 Å². The van der Waals surface area contributed by atoms with Crippen LogP contribution in [-0.4, -0.2) is 24.9 Å². The third-order valence-electron chi connectivity index (χ3n) is 3.74. The van der Waals surface area contributed by atoms with Crippen LogP contribution < -0.4 is 4.74 Å². The molecule has 0 saturated heterocycles. The highest BCUT2D eigenvalue weighted by Crippen LogP contribution is 2.33. The summed E-state index contributed by atoms with van der Waals surface area (Å²) in [6, 6.07) is 17.2. The van der Waals surface area contributed by atoms with Crippen molar-refractivity contribution in [1.82, 2.24) is 0 Å². The van der Waals surface area contributed by atoms with Crippen LogP contribution in [0.25, 0.3) is 0 Å². The zero-order valence-electron chi connectivity index (χ0n) is 12.2. The molecule has 1 fully saturated rings. The molecule has 0 spiro atoms. The molecular formula is C18H20O3. The molecule has 0 bridgehead atoms. The molecule has 3 nitrogen and oxygen atoms in total. The third kappa shape index (κ3) is 3.09. The van der Waals surface area contributed by atoms with Crippen molar-refractivity contribution in [1.29, 1.82) is 0 Å². The van der Waals surface area contributed by atoms with E-state index in [0.717, 1.165) is 29.7 Å². The number of benzene rings is 2.